The fourth-order valence-electron chi connectivity index (χ4n) is 3.19. The number of rotatable bonds is 10. The summed E-state index contributed by atoms with van der Waals surface area (Å²) in [7, 11) is 0. The highest BCUT2D eigenvalue weighted by Gasteiger charge is 2.12. The van der Waals surface area contributed by atoms with E-state index in [2.05, 4.69) is 52.5 Å². The molecule has 0 atom stereocenters. The fourth-order valence-corrected chi connectivity index (χ4v) is 4.13. The minimum atomic E-state index is 0.00266. The Morgan fingerprint density at radius 2 is 1.97 bits per heavy atom. The summed E-state index contributed by atoms with van der Waals surface area (Å²) in [5, 5.41) is 12.2. The smallest absolute Gasteiger partial charge is 0.222 e. The van der Waals surface area contributed by atoms with Crippen molar-refractivity contribution in [3.8, 4) is 10.7 Å². The number of aromatic amines is 1. The molecule has 2 N–H and O–H groups in total. The van der Waals surface area contributed by atoms with Crippen molar-refractivity contribution in [2.24, 2.45) is 0 Å². The first-order valence-corrected chi connectivity index (χ1v) is 11.2. The summed E-state index contributed by atoms with van der Waals surface area (Å²) in [5.41, 5.74) is 2.42. The van der Waals surface area contributed by atoms with E-state index >= 15 is 0 Å². The second kappa shape index (κ2) is 10.5. The van der Waals surface area contributed by atoms with Gasteiger partial charge >= 0.3 is 0 Å². The standard InChI is InChI=1S/C21H27N5OS2/c1-3-25(4-2)15-17-9-6-5-8-16(17)14-22-19(27)11-12-26-20(23-24-21(26)28)18-10-7-13-29-18/h5-10,13H,3-4,11-12,14-15H2,1-2H3,(H,22,27)(H,24,28). The summed E-state index contributed by atoms with van der Waals surface area (Å²) in [5.74, 6) is 0.783. The van der Waals surface area contributed by atoms with Crippen LogP contribution >= 0.6 is 23.6 Å². The molecule has 0 radical (unpaired) electrons. The molecule has 1 amide bonds. The number of nitrogens with zero attached hydrogens (tertiary/aromatic N) is 3. The summed E-state index contributed by atoms with van der Waals surface area (Å²) in [6.07, 6.45) is 0.352. The van der Waals surface area contributed by atoms with E-state index in [1.165, 1.54) is 5.56 Å². The lowest BCUT2D eigenvalue weighted by Crippen LogP contribution is -2.26. The number of carbonyl (C=O) groups excluding carboxylic acids is 1. The van der Waals surface area contributed by atoms with Crippen LogP contribution in [0.15, 0.2) is 41.8 Å². The van der Waals surface area contributed by atoms with Crippen LogP contribution in [0.3, 0.4) is 0 Å². The summed E-state index contributed by atoms with van der Waals surface area (Å²) in [4.78, 5) is 15.9. The van der Waals surface area contributed by atoms with Crippen molar-refractivity contribution in [1.82, 2.24) is 25.0 Å². The average molecular weight is 430 g/mol. The Morgan fingerprint density at radius 3 is 2.66 bits per heavy atom. The third kappa shape index (κ3) is 5.62. The predicted molar refractivity (Wildman–Crippen MR) is 120 cm³/mol. The van der Waals surface area contributed by atoms with Gasteiger partial charge in [0, 0.05) is 26.1 Å². The molecular weight excluding hydrogens is 402 g/mol. The zero-order valence-electron chi connectivity index (χ0n) is 16.9. The first-order chi connectivity index (χ1) is 14.1. The van der Waals surface area contributed by atoms with E-state index in [-0.39, 0.29) is 5.91 Å². The molecule has 0 fully saturated rings. The minimum absolute atomic E-state index is 0.00266. The minimum Gasteiger partial charge on any atom is -0.352 e. The molecule has 0 aliphatic rings. The molecule has 3 aromatic rings. The summed E-state index contributed by atoms with van der Waals surface area (Å²) in [6, 6.07) is 12.3. The molecule has 0 saturated carbocycles. The molecule has 2 aromatic heterocycles. The number of thiophene rings is 1. The van der Waals surface area contributed by atoms with E-state index in [0.29, 0.717) is 24.3 Å². The molecule has 3 rings (SSSR count). The topological polar surface area (TPSA) is 66.0 Å². The molecule has 0 spiro atoms. The maximum atomic E-state index is 12.5. The number of amides is 1. The predicted octanol–water partition coefficient (Wildman–Crippen LogP) is 4.22. The number of benzene rings is 1. The van der Waals surface area contributed by atoms with Gasteiger partial charge in [-0.2, -0.15) is 5.10 Å². The molecule has 6 nitrogen and oxygen atoms in total. The Morgan fingerprint density at radius 1 is 1.21 bits per heavy atom. The van der Waals surface area contributed by atoms with Crippen molar-refractivity contribution in [3.05, 3.63) is 57.7 Å². The SMILES string of the molecule is CCN(CC)Cc1ccccc1CNC(=O)CCn1c(-c2cccs2)n[nH]c1=S. The van der Waals surface area contributed by atoms with Gasteiger partial charge in [-0.25, -0.2) is 0 Å². The van der Waals surface area contributed by atoms with Crippen LogP contribution in [-0.4, -0.2) is 38.7 Å². The zero-order valence-corrected chi connectivity index (χ0v) is 18.5. The van der Waals surface area contributed by atoms with Gasteiger partial charge in [-0.05, 0) is 47.9 Å². The van der Waals surface area contributed by atoms with Crippen LogP contribution in [0.2, 0.25) is 0 Å². The van der Waals surface area contributed by atoms with E-state index in [0.717, 1.165) is 35.9 Å². The summed E-state index contributed by atoms with van der Waals surface area (Å²) < 4.78 is 2.42. The molecule has 29 heavy (non-hydrogen) atoms. The van der Waals surface area contributed by atoms with Gasteiger partial charge in [0.15, 0.2) is 10.6 Å². The van der Waals surface area contributed by atoms with Crippen LogP contribution in [-0.2, 0) is 24.4 Å². The van der Waals surface area contributed by atoms with Crippen LogP contribution < -0.4 is 5.32 Å². The van der Waals surface area contributed by atoms with Crippen molar-refractivity contribution in [2.75, 3.05) is 13.1 Å². The second-order valence-corrected chi connectivity index (χ2v) is 8.07. The van der Waals surface area contributed by atoms with Crippen LogP contribution in [0.1, 0.15) is 31.4 Å². The maximum absolute atomic E-state index is 12.5. The number of nitrogens with one attached hydrogen (secondary N) is 2. The Bertz CT molecular complexity index is 973. The Labute approximate surface area is 180 Å². The second-order valence-electron chi connectivity index (χ2n) is 6.74. The van der Waals surface area contributed by atoms with Crippen LogP contribution in [0.25, 0.3) is 10.7 Å². The van der Waals surface area contributed by atoms with Gasteiger partial charge in [-0.1, -0.05) is 44.2 Å². The Hall–Kier alpha value is -2.29. The molecule has 0 saturated heterocycles. The third-order valence-electron chi connectivity index (χ3n) is 4.95. The summed E-state index contributed by atoms with van der Waals surface area (Å²) >= 11 is 6.93. The molecule has 154 valence electrons. The largest absolute Gasteiger partial charge is 0.352 e. The maximum Gasteiger partial charge on any atom is 0.222 e. The number of hydrogen-bond donors (Lipinski definition) is 2. The van der Waals surface area contributed by atoms with Crippen LogP contribution in [0, 0.1) is 4.77 Å². The lowest BCUT2D eigenvalue weighted by Gasteiger charge is -2.20. The van der Waals surface area contributed by atoms with E-state index < -0.39 is 0 Å². The van der Waals surface area contributed by atoms with Gasteiger partial charge in [0.1, 0.15) is 0 Å². The monoisotopic (exact) mass is 429 g/mol. The van der Waals surface area contributed by atoms with Crippen molar-refractivity contribution in [2.45, 2.75) is 39.9 Å². The van der Waals surface area contributed by atoms with E-state index in [4.69, 9.17) is 12.2 Å². The quantitative estimate of drug-likeness (QED) is 0.474. The molecule has 8 heteroatoms. The third-order valence-corrected chi connectivity index (χ3v) is 6.12. The highest BCUT2D eigenvalue weighted by molar-refractivity contribution is 7.71. The number of H-pyrrole nitrogens is 1. The molecular formula is C21H27N5OS2. The molecule has 2 heterocycles. The molecule has 0 bridgehead atoms. The van der Waals surface area contributed by atoms with Gasteiger partial charge in [0.05, 0.1) is 4.88 Å². The molecule has 0 unspecified atom stereocenters. The molecule has 1 aromatic carbocycles. The number of hydrogen-bond acceptors (Lipinski definition) is 5. The highest BCUT2D eigenvalue weighted by atomic mass is 32.1. The number of aromatic nitrogens is 3. The highest BCUT2D eigenvalue weighted by Crippen LogP contribution is 2.22. The average Bonchev–Trinajstić information content (AvgIpc) is 3.39. The fraction of sp³-hybridized carbons (Fsp3) is 0.381. The van der Waals surface area contributed by atoms with Gasteiger partial charge in [0.2, 0.25) is 5.91 Å². The lowest BCUT2D eigenvalue weighted by atomic mass is 10.1. The Balaban J connectivity index is 1.58. The normalized spacial score (nSPS) is 11.1. The van der Waals surface area contributed by atoms with Crippen molar-refractivity contribution in [3.63, 3.8) is 0 Å². The van der Waals surface area contributed by atoms with Gasteiger partial charge in [-0.3, -0.25) is 19.4 Å². The van der Waals surface area contributed by atoms with E-state index in [9.17, 15) is 4.79 Å². The van der Waals surface area contributed by atoms with E-state index in [1.54, 1.807) is 11.3 Å². The molecule has 0 aliphatic heterocycles. The first kappa shape index (κ1) is 21.4. The van der Waals surface area contributed by atoms with Gasteiger partial charge in [0.25, 0.3) is 0 Å². The first-order valence-electron chi connectivity index (χ1n) is 9.87. The van der Waals surface area contributed by atoms with Gasteiger partial charge in [-0.15, -0.1) is 11.3 Å². The van der Waals surface area contributed by atoms with Crippen LogP contribution in [0.5, 0.6) is 0 Å². The summed E-state index contributed by atoms with van der Waals surface area (Å²) in [6.45, 7) is 8.27. The van der Waals surface area contributed by atoms with Crippen molar-refractivity contribution in [1.29, 1.82) is 0 Å². The van der Waals surface area contributed by atoms with Gasteiger partial charge < -0.3 is 5.32 Å². The van der Waals surface area contributed by atoms with Crippen molar-refractivity contribution < 1.29 is 4.79 Å². The van der Waals surface area contributed by atoms with Crippen LogP contribution in [0.4, 0.5) is 0 Å². The van der Waals surface area contributed by atoms with Crippen molar-refractivity contribution >= 4 is 29.5 Å². The molecule has 0 aliphatic carbocycles. The number of carbonyl (C=O) groups is 1. The van der Waals surface area contributed by atoms with E-state index in [1.807, 2.05) is 28.1 Å². The lowest BCUT2D eigenvalue weighted by molar-refractivity contribution is -0.121. The zero-order chi connectivity index (χ0) is 20.6. The Kier molecular flexibility index (Phi) is 7.74.